The third-order valence-electron chi connectivity index (χ3n) is 2.62. The second kappa shape index (κ2) is 5.08. The van der Waals surface area contributed by atoms with E-state index >= 15 is 0 Å². The minimum atomic E-state index is 0.0794. The third kappa shape index (κ3) is 3.00. The average Bonchev–Trinajstić information content (AvgIpc) is 2.27. The average molecular weight is 240 g/mol. The number of hydrogen-bond acceptors (Lipinski definition) is 3. The molecule has 0 aliphatic carbocycles. The maximum atomic E-state index is 11.1. The molecule has 92 valence electrons. The van der Waals surface area contributed by atoms with Crippen molar-refractivity contribution in [3.8, 4) is 11.3 Å². The van der Waals surface area contributed by atoms with E-state index in [1.54, 1.807) is 6.92 Å². The minimum absolute atomic E-state index is 0.0794. The molecule has 1 heterocycles. The summed E-state index contributed by atoms with van der Waals surface area (Å²) in [7, 11) is 0. The first-order valence-corrected chi connectivity index (χ1v) is 5.95. The molecule has 0 N–H and O–H groups in total. The van der Waals surface area contributed by atoms with Gasteiger partial charge in [-0.25, -0.2) is 9.97 Å². The lowest BCUT2D eigenvalue weighted by molar-refractivity contribution is -0.116. The number of aryl methyl sites for hydroxylation is 2. The Kier molecular flexibility index (Phi) is 3.51. The molecule has 3 nitrogen and oxygen atoms in total. The molecule has 0 atom stereocenters. The highest BCUT2D eigenvalue weighted by atomic mass is 16.1. The number of carbonyl (C=O) groups is 1. The molecule has 0 radical (unpaired) electrons. The summed E-state index contributed by atoms with van der Waals surface area (Å²) in [4.78, 5) is 19.9. The highest BCUT2D eigenvalue weighted by Crippen LogP contribution is 2.19. The summed E-state index contributed by atoms with van der Waals surface area (Å²) in [6.07, 6.45) is 0.292. The van der Waals surface area contributed by atoms with E-state index in [1.807, 2.05) is 38.1 Å². The molecule has 2 aromatic rings. The van der Waals surface area contributed by atoms with Crippen LogP contribution in [0.3, 0.4) is 0 Å². The minimum Gasteiger partial charge on any atom is -0.300 e. The first-order valence-electron chi connectivity index (χ1n) is 5.95. The van der Waals surface area contributed by atoms with Crippen LogP contribution in [0.15, 0.2) is 30.3 Å². The van der Waals surface area contributed by atoms with Gasteiger partial charge in [-0.05, 0) is 32.9 Å². The fourth-order valence-electron chi connectivity index (χ4n) is 1.88. The molecule has 0 unspecified atom stereocenters. The van der Waals surface area contributed by atoms with Crippen molar-refractivity contribution in [3.05, 3.63) is 47.4 Å². The van der Waals surface area contributed by atoms with Gasteiger partial charge in [0.2, 0.25) is 0 Å². The van der Waals surface area contributed by atoms with Gasteiger partial charge in [-0.1, -0.05) is 23.8 Å². The van der Waals surface area contributed by atoms with E-state index in [-0.39, 0.29) is 5.78 Å². The standard InChI is InChI=1S/C15H16N2O/c1-10-5-4-6-13(7-10)14-8-11(2)16-15(17-14)9-12(3)18/h4-8H,9H2,1-3H3. The Bertz CT molecular complexity index is 591. The largest absolute Gasteiger partial charge is 0.300 e. The van der Waals surface area contributed by atoms with Gasteiger partial charge in [0.15, 0.2) is 0 Å². The Hall–Kier alpha value is -2.03. The van der Waals surface area contributed by atoms with Crippen LogP contribution in [-0.2, 0) is 11.2 Å². The molecular formula is C15H16N2O. The summed E-state index contributed by atoms with van der Waals surface area (Å²) in [5.41, 5.74) is 4.02. The Morgan fingerprint density at radius 1 is 1.17 bits per heavy atom. The van der Waals surface area contributed by atoms with Gasteiger partial charge in [-0.3, -0.25) is 4.79 Å². The van der Waals surface area contributed by atoms with Crippen LogP contribution in [-0.4, -0.2) is 15.8 Å². The Balaban J connectivity index is 2.44. The van der Waals surface area contributed by atoms with Crippen molar-refractivity contribution in [2.45, 2.75) is 27.2 Å². The van der Waals surface area contributed by atoms with Crippen LogP contribution in [0, 0.1) is 13.8 Å². The van der Waals surface area contributed by atoms with Crippen molar-refractivity contribution in [2.75, 3.05) is 0 Å². The van der Waals surface area contributed by atoms with Crippen LogP contribution in [0.5, 0.6) is 0 Å². The van der Waals surface area contributed by atoms with E-state index in [2.05, 4.69) is 16.0 Å². The first-order chi connectivity index (χ1) is 8.54. The Labute approximate surface area is 107 Å². The topological polar surface area (TPSA) is 42.9 Å². The van der Waals surface area contributed by atoms with Gasteiger partial charge in [0.1, 0.15) is 11.6 Å². The van der Waals surface area contributed by atoms with E-state index < -0.39 is 0 Å². The summed E-state index contributed by atoms with van der Waals surface area (Å²) >= 11 is 0. The predicted octanol–water partition coefficient (Wildman–Crippen LogP) is 2.89. The molecular weight excluding hydrogens is 224 g/mol. The number of aromatic nitrogens is 2. The number of Topliss-reactive ketones (excluding diaryl/α,β-unsaturated/α-hetero) is 1. The van der Waals surface area contributed by atoms with E-state index in [9.17, 15) is 4.79 Å². The van der Waals surface area contributed by atoms with Crippen LogP contribution in [0.1, 0.15) is 24.0 Å². The van der Waals surface area contributed by atoms with Gasteiger partial charge in [-0.15, -0.1) is 0 Å². The van der Waals surface area contributed by atoms with Crippen molar-refractivity contribution in [1.82, 2.24) is 9.97 Å². The molecule has 0 spiro atoms. The van der Waals surface area contributed by atoms with Gasteiger partial charge in [0.05, 0.1) is 12.1 Å². The number of nitrogens with zero attached hydrogens (tertiary/aromatic N) is 2. The maximum Gasteiger partial charge on any atom is 0.137 e. The van der Waals surface area contributed by atoms with Crippen molar-refractivity contribution in [2.24, 2.45) is 0 Å². The van der Waals surface area contributed by atoms with Gasteiger partial charge in [0, 0.05) is 11.3 Å². The highest BCUT2D eigenvalue weighted by molar-refractivity contribution is 5.77. The van der Waals surface area contributed by atoms with E-state index in [0.29, 0.717) is 12.2 Å². The molecule has 0 fully saturated rings. The smallest absolute Gasteiger partial charge is 0.137 e. The van der Waals surface area contributed by atoms with Gasteiger partial charge >= 0.3 is 0 Å². The SMILES string of the molecule is CC(=O)Cc1nc(C)cc(-c2cccc(C)c2)n1. The van der Waals surface area contributed by atoms with Crippen LogP contribution < -0.4 is 0 Å². The van der Waals surface area contributed by atoms with Crippen molar-refractivity contribution in [1.29, 1.82) is 0 Å². The molecule has 0 bridgehead atoms. The molecule has 0 aliphatic heterocycles. The predicted molar refractivity (Wildman–Crippen MR) is 71.3 cm³/mol. The number of ketones is 1. The fraction of sp³-hybridized carbons (Fsp3) is 0.267. The second-order valence-corrected chi connectivity index (χ2v) is 4.56. The summed E-state index contributed by atoms with van der Waals surface area (Å²) in [5.74, 6) is 0.676. The molecule has 0 saturated heterocycles. The van der Waals surface area contributed by atoms with Crippen molar-refractivity contribution < 1.29 is 4.79 Å². The fourth-order valence-corrected chi connectivity index (χ4v) is 1.88. The first kappa shape index (κ1) is 12.4. The summed E-state index contributed by atoms with van der Waals surface area (Å²) in [6, 6.07) is 10.1. The number of benzene rings is 1. The Morgan fingerprint density at radius 3 is 2.61 bits per heavy atom. The molecule has 18 heavy (non-hydrogen) atoms. The van der Waals surface area contributed by atoms with Crippen LogP contribution in [0.25, 0.3) is 11.3 Å². The maximum absolute atomic E-state index is 11.1. The monoisotopic (exact) mass is 240 g/mol. The van der Waals surface area contributed by atoms with Crippen molar-refractivity contribution >= 4 is 5.78 Å². The normalized spacial score (nSPS) is 10.4. The quantitative estimate of drug-likeness (QED) is 0.828. The van der Waals surface area contributed by atoms with Crippen molar-refractivity contribution in [3.63, 3.8) is 0 Å². The van der Waals surface area contributed by atoms with E-state index in [0.717, 1.165) is 17.0 Å². The zero-order chi connectivity index (χ0) is 13.1. The number of carbonyl (C=O) groups excluding carboxylic acids is 1. The second-order valence-electron chi connectivity index (χ2n) is 4.56. The number of hydrogen-bond donors (Lipinski definition) is 0. The van der Waals surface area contributed by atoms with Crippen LogP contribution in [0.4, 0.5) is 0 Å². The number of rotatable bonds is 3. The lowest BCUT2D eigenvalue weighted by Crippen LogP contribution is -2.04. The molecule has 1 aromatic heterocycles. The third-order valence-corrected chi connectivity index (χ3v) is 2.62. The van der Waals surface area contributed by atoms with E-state index in [1.165, 1.54) is 5.56 Å². The summed E-state index contributed by atoms with van der Waals surface area (Å²) < 4.78 is 0. The highest BCUT2D eigenvalue weighted by Gasteiger charge is 2.06. The lowest BCUT2D eigenvalue weighted by atomic mass is 10.1. The molecule has 1 aromatic carbocycles. The summed E-state index contributed by atoms with van der Waals surface area (Å²) in [5, 5.41) is 0. The molecule has 2 rings (SSSR count). The summed E-state index contributed by atoms with van der Waals surface area (Å²) in [6.45, 7) is 5.52. The van der Waals surface area contributed by atoms with Gasteiger partial charge < -0.3 is 0 Å². The van der Waals surface area contributed by atoms with Crippen LogP contribution >= 0.6 is 0 Å². The molecule has 3 heteroatoms. The van der Waals surface area contributed by atoms with Gasteiger partial charge in [0.25, 0.3) is 0 Å². The van der Waals surface area contributed by atoms with Gasteiger partial charge in [-0.2, -0.15) is 0 Å². The lowest BCUT2D eigenvalue weighted by Gasteiger charge is -2.06. The van der Waals surface area contributed by atoms with Crippen LogP contribution in [0.2, 0.25) is 0 Å². The zero-order valence-electron chi connectivity index (χ0n) is 10.9. The molecule has 0 saturated carbocycles. The zero-order valence-corrected chi connectivity index (χ0v) is 10.9. The molecule has 0 amide bonds. The Morgan fingerprint density at radius 2 is 1.94 bits per heavy atom. The van der Waals surface area contributed by atoms with E-state index in [4.69, 9.17) is 0 Å². The molecule has 0 aliphatic rings.